The van der Waals surface area contributed by atoms with Crippen molar-refractivity contribution in [3.63, 3.8) is 0 Å². The first-order valence-electron chi connectivity index (χ1n) is 10.00. The van der Waals surface area contributed by atoms with Gasteiger partial charge in [0.05, 0.1) is 23.7 Å². The second-order valence-corrected chi connectivity index (χ2v) is 7.39. The summed E-state index contributed by atoms with van der Waals surface area (Å²) in [5.74, 6) is 0.686. The highest BCUT2D eigenvalue weighted by molar-refractivity contribution is 5.94. The van der Waals surface area contributed by atoms with Gasteiger partial charge in [-0.15, -0.1) is 0 Å². The quantitative estimate of drug-likeness (QED) is 0.642. The molecule has 7 nitrogen and oxygen atoms in total. The number of amides is 1. The Morgan fingerprint density at radius 2 is 2.11 bits per heavy atom. The van der Waals surface area contributed by atoms with Gasteiger partial charge in [-0.1, -0.05) is 18.6 Å². The molecule has 1 aliphatic rings. The van der Waals surface area contributed by atoms with Crippen LogP contribution in [0.1, 0.15) is 59.8 Å². The molecule has 1 amide bonds. The van der Waals surface area contributed by atoms with Crippen molar-refractivity contribution in [2.45, 2.75) is 51.6 Å². The van der Waals surface area contributed by atoms with E-state index >= 15 is 0 Å². The van der Waals surface area contributed by atoms with E-state index in [0.29, 0.717) is 18.8 Å². The van der Waals surface area contributed by atoms with Crippen LogP contribution in [0.4, 0.5) is 0 Å². The topological polar surface area (TPSA) is 84.8 Å². The summed E-state index contributed by atoms with van der Waals surface area (Å²) in [5, 5.41) is 10.5. The lowest BCUT2D eigenvalue weighted by atomic mass is 10.1. The van der Waals surface area contributed by atoms with Crippen LogP contribution in [-0.4, -0.2) is 39.4 Å². The third-order valence-electron chi connectivity index (χ3n) is 5.46. The number of aromatic nitrogens is 4. The Morgan fingerprint density at radius 3 is 2.96 bits per heavy atom. The molecule has 3 aromatic rings. The molecule has 2 aromatic heterocycles. The van der Waals surface area contributed by atoms with E-state index in [1.165, 1.54) is 6.42 Å². The largest absolute Gasteiger partial charge is 0.383 e. The molecule has 0 bridgehead atoms. The Kier molecular flexibility index (Phi) is 5.43. The molecule has 0 unspecified atom stereocenters. The highest BCUT2D eigenvalue weighted by atomic mass is 16.5. The number of ether oxygens (including phenoxy) is 1. The molecular weight excluding hydrogens is 354 g/mol. The molecule has 148 valence electrons. The van der Waals surface area contributed by atoms with Gasteiger partial charge in [0, 0.05) is 24.9 Å². The van der Waals surface area contributed by atoms with Crippen molar-refractivity contribution in [3.05, 3.63) is 47.0 Å². The lowest BCUT2D eigenvalue weighted by Crippen LogP contribution is -2.30. The summed E-state index contributed by atoms with van der Waals surface area (Å²) < 4.78 is 7.38. The van der Waals surface area contributed by atoms with Crippen LogP contribution in [0.5, 0.6) is 0 Å². The predicted molar refractivity (Wildman–Crippen MR) is 107 cm³/mol. The molecule has 0 saturated heterocycles. The van der Waals surface area contributed by atoms with Crippen LogP contribution in [0.15, 0.2) is 24.3 Å². The van der Waals surface area contributed by atoms with Crippen molar-refractivity contribution in [2.75, 3.05) is 13.7 Å². The van der Waals surface area contributed by atoms with Gasteiger partial charge in [0.1, 0.15) is 5.82 Å². The number of methoxy groups -OCH3 is 1. The van der Waals surface area contributed by atoms with E-state index in [2.05, 4.69) is 20.1 Å². The molecule has 0 aliphatic heterocycles. The number of fused-ring (bicyclic) bond motifs is 2. The number of hydrogen-bond donors (Lipinski definition) is 2. The maximum Gasteiger partial charge on any atom is 0.272 e. The van der Waals surface area contributed by atoms with Crippen LogP contribution in [0.2, 0.25) is 0 Å². The van der Waals surface area contributed by atoms with Crippen LogP contribution in [0.25, 0.3) is 11.0 Å². The molecule has 4 rings (SSSR count). The van der Waals surface area contributed by atoms with Gasteiger partial charge in [0.25, 0.3) is 5.91 Å². The monoisotopic (exact) mass is 381 g/mol. The number of imidazole rings is 1. The van der Waals surface area contributed by atoms with Crippen LogP contribution >= 0.6 is 0 Å². The zero-order chi connectivity index (χ0) is 19.5. The summed E-state index contributed by atoms with van der Waals surface area (Å²) in [5.41, 5.74) is 4.69. The Morgan fingerprint density at radius 1 is 1.29 bits per heavy atom. The van der Waals surface area contributed by atoms with E-state index in [4.69, 9.17) is 9.72 Å². The normalized spacial score (nSPS) is 15.2. The molecule has 28 heavy (non-hydrogen) atoms. The fourth-order valence-electron chi connectivity index (χ4n) is 4.02. The number of aromatic amines is 1. The summed E-state index contributed by atoms with van der Waals surface area (Å²) in [6.45, 7) is 3.24. The van der Waals surface area contributed by atoms with Gasteiger partial charge < -0.3 is 14.6 Å². The van der Waals surface area contributed by atoms with Crippen molar-refractivity contribution >= 4 is 16.9 Å². The first-order chi connectivity index (χ1) is 13.7. The molecule has 2 N–H and O–H groups in total. The first kappa shape index (κ1) is 18.7. The van der Waals surface area contributed by atoms with Crippen LogP contribution in [0, 0.1) is 0 Å². The van der Waals surface area contributed by atoms with Gasteiger partial charge in [-0.3, -0.25) is 9.89 Å². The third-order valence-corrected chi connectivity index (χ3v) is 5.46. The Bertz CT molecular complexity index is 974. The van der Waals surface area contributed by atoms with Crippen molar-refractivity contribution in [1.29, 1.82) is 0 Å². The Hall–Kier alpha value is -2.67. The van der Waals surface area contributed by atoms with Gasteiger partial charge in [0.2, 0.25) is 0 Å². The second kappa shape index (κ2) is 8.14. The van der Waals surface area contributed by atoms with Crippen molar-refractivity contribution in [2.24, 2.45) is 0 Å². The van der Waals surface area contributed by atoms with E-state index in [1.807, 2.05) is 31.2 Å². The number of carbonyl (C=O) groups excluding carboxylic acids is 1. The number of carbonyl (C=O) groups is 1. The highest BCUT2D eigenvalue weighted by Gasteiger charge is 2.24. The minimum absolute atomic E-state index is 0.141. The molecule has 0 saturated carbocycles. The molecule has 1 atom stereocenters. The zero-order valence-corrected chi connectivity index (χ0v) is 16.5. The number of rotatable bonds is 6. The SMILES string of the molecule is COCCn1c([C@H](C)NC(=O)c2n[nH]c3c2CCCCC3)nc2ccccc21. The molecule has 2 heterocycles. The van der Waals surface area contributed by atoms with Gasteiger partial charge in [-0.05, 0) is 44.7 Å². The van der Waals surface area contributed by atoms with Gasteiger partial charge in [-0.2, -0.15) is 5.10 Å². The van der Waals surface area contributed by atoms with Crippen molar-refractivity contribution in [3.8, 4) is 0 Å². The van der Waals surface area contributed by atoms with Crippen LogP contribution in [-0.2, 0) is 24.1 Å². The number of aryl methyl sites for hydroxylation is 1. The smallest absolute Gasteiger partial charge is 0.272 e. The van der Waals surface area contributed by atoms with E-state index in [0.717, 1.165) is 53.8 Å². The number of nitrogens with one attached hydrogen (secondary N) is 2. The molecular formula is C21H27N5O2. The second-order valence-electron chi connectivity index (χ2n) is 7.39. The number of hydrogen-bond acceptors (Lipinski definition) is 4. The Labute approximate surface area is 164 Å². The van der Waals surface area contributed by atoms with Crippen LogP contribution < -0.4 is 5.32 Å². The average Bonchev–Trinajstić information content (AvgIpc) is 3.20. The standard InChI is InChI=1S/C21H27N5O2/c1-14(20-23-17-10-6-7-11-18(17)26(20)12-13-28-2)22-21(27)19-15-8-4-3-5-9-16(15)24-25-19/h6-7,10-11,14H,3-5,8-9,12-13H2,1-2H3,(H,22,27)(H,24,25)/t14-/m0/s1. The van der Waals surface area contributed by atoms with E-state index in [9.17, 15) is 4.79 Å². The van der Waals surface area contributed by atoms with E-state index in [1.54, 1.807) is 7.11 Å². The van der Waals surface area contributed by atoms with E-state index in [-0.39, 0.29) is 11.9 Å². The zero-order valence-electron chi connectivity index (χ0n) is 16.5. The summed E-state index contributed by atoms with van der Waals surface area (Å²) in [6, 6.07) is 7.77. The van der Waals surface area contributed by atoms with Gasteiger partial charge in [0.15, 0.2) is 5.69 Å². The molecule has 1 aliphatic carbocycles. The fraction of sp³-hybridized carbons (Fsp3) is 0.476. The Balaban J connectivity index is 1.59. The summed E-state index contributed by atoms with van der Waals surface area (Å²) in [6.07, 6.45) is 5.34. The van der Waals surface area contributed by atoms with Gasteiger partial charge >= 0.3 is 0 Å². The average molecular weight is 381 g/mol. The number of H-pyrrole nitrogens is 1. The van der Waals surface area contributed by atoms with Crippen molar-refractivity contribution < 1.29 is 9.53 Å². The minimum Gasteiger partial charge on any atom is -0.383 e. The lowest BCUT2D eigenvalue weighted by molar-refractivity contribution is 0.0931. The summed E-state index contributed by atoms with van der Waals surface area (Å²) >= 11 is 0. The number of nitrogens with zero attached hydrogens (tertiary/aromatic N) is 3. The molecule has 0 fully saturated rings. The minimum atomic E-state index is -0.241. The maximum atomic E-state index is 13.0. The molecule has 0 spiro atoms. The van der Waals surface area contributed by atoms with Gasteiger partial charge in [-0.25, -0.2) is 4.98 Å². The van der Waals surface area contributed by atoms with Crippen molar-refractivity contribution in [1.82, 2.24) is 25.1 Å². The fourth-order valence-corrected chi connectivity index (χ4v) is 4.02. The molecule has 0 radical (unpaired) electrons. The third kappa shape index (κ3) is 3.54. The van der Waals surface area contributed by atoms with E-state index < -0.39 is 0 Å². The summed E-state index contributed by atoms with van der Waals surface area (Å²) in [4.78, 5) is 17.7. The summed E-state index contributed by atoms with van der Waals surface area (Å²) in [7, 11) is 1.69. The predicted octanol–water partition coefficient (Wildman–Crippen LogP) is 3.17. The highest BCUT2D eigenvalue weighted by Crippen LogP contribution is 2.24. The lowest BCUT2D eigenvalue weighted by Gasteiger charge is -2.16. The number of para-hydroxylation sites is 2. The molecule has 1 aromatic carbocycles. The first-order valence-corrected chi connectivity index (χ1v) is 10.00. The maximum absolute atomic E-state index is 13.0. The number of benzene rings is 1. The van der Waals surface area contributed by atoms with Crippen LogP contribution in [0.3, 0.4) is 0 Å². The molecule has 7 heteroatoms.